The van der Waals surface area contributed by atoms with Crippen molar-refractivity contribution in [1.29, 1.82) is 0 Å². The van der Waals surface area contributed by atoms with Gasteiger partial charge in [0.2, 0.25) is 0 Å². The van der Waals surface area contributed by atoms with Crippen molar-refractivity contribution in [1.82, 2.24) is 5.32 Å². The van der Waals surface area contributed by atoms with Gasteiger partial charge in [0.05, 0.1) is 6.10 Å². The molecule has 3 nitrogen and oxygen atoms in total. The molecule has 0 aliphatic carbocycles. The highest BCUT2D eigenvalue weighted by atomic mass is 32.2. The molecule has 0 saturated carbocycles. The van der Waals surface area contributed by atoms with Crippen molar-refractivity contribution in [3.05, 3.63) is 35.6 Å². The van der Waals surface area contributed by atoms with Gasteiger partial charge >= 0.3 is 0 Å². The van der Waals surface area contributed by atoms with Gasteiger partial charge in [-0.2, -0.15) is 0 Å². The quantitative estimate of drug-likeness (QED) is 0.807. The van der Waals surface area contributed by atoms with Crippen LogP contribution in [0.15, 0.2) is 24.3 Å². The molecule has 0 saturated heterocycles. The van der Waals surface area contributed by atoms with E-state index in [0.717, 1.165) is 0 Å². The Morgan fingerprint density at radius 2 is 2.06 bits per heavy atom. The van der Waals surface area contributed by atoms with Gasteiger partial charge in [-0.15, -0.1) is 0 Å². The lowest BCUT2D eigenvalue weighted by Gasteiger charge is -2.14. The average Bonchev–Trinajstić information content (AvgIpc) is 2.29. The Hall–Kier alpha value is -0.780. The first-order chi connectivity index (χ1) is 8.02. The molecule has 1 aromatic carbocycles. The second-order valence-electron chi connectivity index (χ2n) is 4.00. The number of hydrogen-bond acceptors (Lipinski definition) is 3. The number of nitrogens with one attached hydrogen (secondary N) is 1. The van der Waals surface area contributed by atoms with Crippen LogP contribution in [0.5, 0.6) is 0 Å². The van der Waals surface area contributed by atoms with Crippen LogP contribution in [0.2, 0.25) is 0 Å². The zero-order valence-electron chi connectivity index (χ0n) is 10.0. The van der Waals surface area contributed by atoms with Crippen molar-refractivity contribution in [3.8, 4) is 0 Å². The molecular weight excluding hydrogens is 241 g/mol. The van der Waals surface area contributed by atoms with Gasteiger partial charge in [0, 0.05) is 41.0 Å². The zero-order chi connectivity index (χ0) is 12.8. The van der Waals surface area contributed by atoms with Gasteiger partial charge in [0.25, 0.3) is 0 Å². The molecule has 0 bridgehead atoms. The fraction of sp³-hybridized carbons (Fsp3) is 0.500. The van der Waals surface area contributed by atoms with Crippen molar-refractivity contribution in [2.75, 3.05) is 19.3 Å². The van der Waals surface area contributed by atoms with Crippen molar-refractivity contribution in [3.63, 3.8) is 0 Å². The summed E-state index contributed by atoms with van der Waals surface area (Å²) >= 11 is 0. The van der Waals surface area contributed by atoms with Crippen LogP contribution in [-0.2, 0) is 10.8 Å². The first-order valence-corrected chi connectivity index (χ1v) is 7.10. The van der Waals surface area contributed by atoms with E-state index >= 15 is 0 Å². The van der Waals surface area contributed by atoms with Crippen LogP contribution in [0, 0.1) is 5.82 Å². The van der Waals surface area contributed by atoms with Crippen molar-refractivity contribution in [2.45, 2.75) is 18.3 Å². The fourth-order valence-electron chi connectivity index (χ4n) is 1.40. The van der Waals surface area contributed by atoms with Crippen LogP contribution in [-0.4, -0.2) is 33.9 Å². The van der Waals surface area contributed by atoms with Crippen LogP contribution < -0.4 is 5.32 Å². The summed E-state index contributed by atoms with van der Waals surface area (Å²) in [6.07, 6.45) is 0.758. The highest BCUT2D eigenvalue weighted by Crippen LogP contribution is 2.15. The van der Waals surface area contributed by atoms with Crippen LogP contribution >= 0.6 is 0 Å². The van der Waals surface area contributed by atoms with E-state index in [9.17, 15) is 13.7 Å². The molecule has 0 aliphatic rings. The van der Waals surface area contributed by atoms with Crippen LogP contribution in [0.4, 0.5) is 4.39 Å². The standard InChI is InChI=1S/C12H18FNO2S/c1-9(17(2)16)7-14-8-12(15)10-5-3-4-6-11(10)13/h3-6,9,12,14-15H,7-8H2,1-2H3. The third kappa shape index (κ3) is 4.53. The van der Waals surface area contributed by atoms with E-state index in [-0.39, 0.29) is 17.4 Å². The van der Waals surface area contributed by atoms with Gasteiger partial charge in [-0.25, -0.2) is 4.39 Å². The number of rotatable bonds is 6. The van der Waals surface area contributed by atoms with Gasteiger partial charge in [0.1, 0.15) is 5.82 Å². The lowest BCUT2D eigenvalue weighted by atomic mass is 10.1. The minimum atomic E-state index is -0.892. The summed E-state index contributed by atoms with van der Waals surface area (Å²) < 4.78 is 24.4. The number of benzene rings is 1. The summed E-state index contributed by atoms with van der Waals surface area (Å²) in [5, 5.41) is 12.8. The molecule has 96 valence electrons. The number of aliphatic hydroxyl groups excluding tert-OH is 1. The Labute approximate surface area is 104 Å². The molecule has 0 fully saturated rings. The molecule has 0 radical (unpaired) electrons. The van der Waals surface area contributed by atoms with Crippen molar-refractivity contribution >= 4 is 10.8 Å². The van der Waals surface area contributed by atoms with Gasteiger partial charge in [-0.1, -0.05) is 18.2 Å². The fourth-order valence-corrected chi connectivity index (χ4v) is 1.75. The number of aliphatic hydroxyl groups is 1. The van der Waals surface area contributed by atoms with Gasteiger partial charge < -0.3 is 10.4 Å². The molecule has 0 spiro atoms. The molecule has 2 N–H and O–H groups in total. The highest BCUT2D eigenvalue weighted by molar-refractivity contribution is 7.84. The molecule has 0 amide bonds. The lowest BCUT2D eigenvalue weighted by molar-refractivity contribution is 0.170. The second-order valence-corrected chi connectivity index (χ2v) is 5.81. The van der Waals surface area contributed by atoms with Crippen molar-refractivity contribution in [2.24, 2.45) is 0 Å². The van der Waals surface area contributed by atoms with E-state index < -0.39 is 22.7 Å². The highest BCUT2D eigenvalue weighted by Gasteiger charge is 2.12. The summed E-state index contributed by atoms with van der Waals surface area (Å²) in [6.45, 7) is 2.65. The van der Waals surface area contributed by atoms with Gasteiger partial charge in [0.15, 0.2) is 0 Å². The molecule has 0 heterocycles. The maximum Gasteiger partial charge on any atom is 0.129 e. The first-order valence-electron chi connectivity index (χ1n) is 5.47. The Morgan fingerprint density at radius 1 is 1.41 bits per heavy atom. The molecule has 5 heteroatoms. The Balaban J connectivity index is 2.43. The summed E-state index contributed by atoms with van der Waals surface area (Å²) in [6, 6.07) is 6.15. The second kappa shape index (κ2) is 6.83. The molecule has 1 rings (SSSR count). The maximum absolute atomic E-state index is 13.3. The average molecular weight is 259 g/mol. The van der Waals surface area contributed by atoms with E-state index in [4.69, 9.17) is 0 Å². The predicted octanol–water partition coefficient (Wildman–Crippen LogP) is 1.22. The van der Waals surface area contributed by atoms with Gasteiger partial charge in [-0.05, 0) is 13.0 Å². The molecule has 0 aliphatic heterocycles. The SMILES string of the molecule is CC(CNCC(O)c1ccccc1F)S(C)=O. The summed E-state index contributed by atoms with van der Waals surface area (Å²) in [4.78, 5) is 0. The number of hydrogen-bond donors (Lipinski definition) is 2. The first kappa shape index (κ1) is 14.3. The van der Waals surface area contributed by atoms with Crippen molar-refractivity contribution < 1.29 is 13.7 Å². The zero-order valence-corrected chi connectivity index (χ0v) is 10.8. The van der Waals surface area contributed by atoms with E-state index in [0.29, 0.717) is 6.54 Å². The van der Waals surface area contributed by atoms with Gasteiger partial charge in [-0.3, -0.25) is 4.21 Å². The summed E-state index contributed by atoms with van der Waals surface area (Å²) in [5.74, 6) is -0.408. The Morgan fingerprint density at radius 3 is 2.65 bits per heavy atom. The maximum atomic E-state index is 13.3. The third-order valence-corrected chi connectivity index (χ3v) is 3.90. The summed E-state index contributed by atoms with van der Waals surface area (Å²) in [5.41, 5.74) is 0.283. The van der Waals surface area contributed by atoms with E-state index in [1.807, 2.05) is 6.92 Å². The third-order valence-electron chi connectivity index (χ3n) is 2.60. The minimum absolute atomic E-state index is 0.0165. The largest absolute Gasteiger partial charge is 0.387 e. The lowest BCUT2D eigenvalue weighted by Crippen LogP contribution is -2.31. The van der Waals surface area contributed by atoms with Crippen LogP contribution in [0.25, 0.3) is 0 Å². The van der Waals surface area contributed by atoms with Crippen LogP contribution in [0.3, 0.4) is 0 Å². The topological polar surface area (TPSA) is 49.3 Å². The molecule has 1 aromatic rings. The molecule has 17 heavy (non-hydrogen) atoms. The molecule has 0 aromatic heterocycles. The Kier molecular flexibility index (Phi) is 5.74. The minimum Gasteiger partial charge on any atom is -0.387 e. The predicted molar refractivity (Wildman–Crippen MR) is 67.8 cm³/mol. The van der Waals surface area contributed by atoms with E-state index in [1.54, 1.807) is 24.5 Å². The molecule has 3 unspecified atom stereocenters. The molecule has 3 atom stereocenters. The smallest absolute Gasteiger partial charge is 0.129 e. The molecular formula is C12H18FNO2S. The van der Waals surface area contributed by atoms with Crippen LogP contribution in [0.1, 0.15) is 18.6 Å². The Bertz CT molecular complexity index is 387. The normalized spacial score (nSPS) is 16.5. The number of halogens is 1. The van der Waals surface area contributed by atoms with E-state index in [1.165, 1.54) is 6.07 Å². The monoisotopic (exact) mass is 259 g/mol. The summed E-state index contributed by atoms with van der Waals surface area (Å²) in [7, 11) is -0.892. The van der Waals surface area contributed by atoms with E-state index in [2.05, 4.69) is 5.32 Å².